The molecular weight excluding hydrogens is 412 g/mol. The molecule has 9 heteroatoms. The molecule has 0 radical (unpaired) electrons. The van der Waals surface area contributed by atoms with Crippen molar-refractivity contribution in [1.29, 1.82) is 0 Å². The first-order valence-electron chi connectivity index (χ1n) is 10.6. The second-order valence-corrected chi connectivity index (χ2v) is 8.28. The van der Waals surface area contributed by atoms with Crippen LogP contribution in [0.25, 0.3) is 0 Å². The van der Waals surface area contributed by atoms with E-state index in [1.165, 1.54) is 0 Å². The number of ether oxygens (including phenoxy) is 2. The van der Waals surface area contributed by atoms with Gasteiger partial charge >= 0.3 is 0 Å². The number of pyridine rings is 1. The van der Waals surface area contributed by atoms with E-state index in [4.69, 9.17) is 9.47 Å². The van der Waals surface area contributed by atoms with E-state index in [9.17, 15) is 14.4 Å². The summed E-state index contributed by atoms with van der Waals surface area (Å²) >= 11 is 0. The summed E-state index contributed by atoms with van der Waals surface area (Å²) in [5.41, 5.74) is 3.39. The van der Waals surface area contributed by atoms with Crippen molar-refractivity contribution in [1.82, 2.24) is 20.5 Å². The molecule has 5 rings (SSSR count). The number of piperidine rings is 1. The Bertz CT molecular complexity index is 1120. The van der Waals surface area contributed by atoms with Gasteiger partial charge in [-0.05, 0) is 35.7 Å². The largest absolute Gasteiger partial charge is 0.496 e. The number of hydrogen-bond acceptors (Lipinski definition) is 7. The standard InChI is InChI=1S/C23H24N4O5/c1-31-18-7-13-11-27(17-3-4-19(28)26-22(17)29)23(30)14(13)9-15(18)21-16(10-25-21)12-5-6-24-20(8-12)32-2/h5-9,16-17,21,25H,3-4,10-11H2,1-2H3,(H,26,28,29). The summed E-state index contributed by atoms with van der Waals surface area (Å²) in [7, 11) is 3.20. The normalized spacial score (nSPS) is 24.6. The maximum absolute atomic E-state index is 13.2. The molecule has 1 aromatic heterocycles. The molecule has 3 unspecified atom stereocenters. The van der Waals surface area contributed by atoms with Crippen molar-refractivity contribution in [2.45, 2.75) is 37.4 Å². The molecule has 3 aliphatic heterocycles. The van der Waals surface area contributed by atoms with E-state index in [2.05, 4.69) is 15.6 Å². The van der Waals surface area contributed by atoms with Gasteiger partial charge in [0, 0.05) is 54.9 Å². The molecule has 2 N–H and O–H groups in total. The van der Waals surface area contributed by atoms with E-state index in [1.54, 1.807) is 25.3 Å². The average molecular weight is 436 g/mol. The van der Waals surface area contributed by atoms with Crippen LogP contribution in [0.3, 0.4) is 0 Å². The Balaban J connectivity index is 1.44. The van der Waals surface area contributed by atoms with Crippen molar-refractivity contribution in [3.05, 3.63) is 52.7 Å². The zero-order chi connectivity index (χ0) is 22.4. The number of fused-ring (bicyclic) bond motifs is 1. The lowest BCUT2D eigenvalue weighted by molar-refractivity contribution is -0.136. The Hall–Kier alpha value is -3.46. The Kier molecular flexibility index (Phi) is 5.05. The highest BCUT2D eigenvalue weighted by Gasteiger charge is 2.41. The number of hydrogen-bond donors (Lipinski definition) is 2. The molecule has 166 valence electrons. The van der Waals surface area contributed by atoms with Gasteiger partial charge in [0.25, 0.3) is 5.91 Å². The first-order chi connectivity index (χ1) is 15.5. The highest BCUT2D eigenvalue weighted by Crippen LogP contribution is 2.44. The minimum Gasteiger partial charge on any atom is -0.496 e. The van der Waals surface area contributed by atoms with Crippen LogP contribution in [0.4, 0.5) is 0 Å². The number of carbonyl (C=O) groups is 3. The van der Waals surface area contributed by atoms with Gasteiger partial charge < -0.3 is 19.7 Å². The molecule has 3 amide bonds. The molecule has 0 bridgehead atoms. The second-order valence-electron chi connectivity index (χ2n) is 8.28. The van der Waals surface area contributed by atoms with Crippen LogP contribution in [0.1, 0.15) is 51.8 Å². The van der Waals surface area contributed by atoms with Crippen molar-refractivity contribution in [2.24, 2.45) is 0 Å². The maximum Gasteiger partial charge on any atom is 0.255 e. The van der Waals surface area contributed by atoms with Gasteiger partial charge in [0.05, 0.1) is 14.2 Å². The first-order valence-corrected chi connectivity index (χ1v) is 10.6. The molecule has 9 nitrogen and oxygen atoms in total. The van der Waals surface area contributed by atoms with Gasteiger partial charge in [0.1, 0.15) is 11.8 Å². The molecule has 0 spiro atoms. The number of benzene rings is 1. The summed E-state index contributed by atoms with van der Waals surface area (Å²) in [4.78, 5) is 42.8. The summed E-state index contributed by atoms with van der Waals surface area (Å²) in [6.45, 7) is 1.11. The van der Waals surface area contributed by atoms with Gasteiger partial charge in [0.15, 0.2) is 0 Å². The first kappa shape index (κ1) is 20.4. The minimum atomic E-state index is -0.638. The highest BCUT2D eigenvalue weighted by atomic mass is 16.5. The van der Waals surface area contributed by atoms with Crippen molar-refractivity contribution >= 4 is 17.7 Å². The predicted octanol–water partition coefficient (Wildman–Crippen LogP) is 1.29. The third-order valence-corrected chi connectivity index (χ3v) is 6.57. The smallest absolute Gasteiger partial charge is 0.255 e. The number of nitrogens with zero attached hydrogens (tertiary/aromatic N) is 2. The van der Waals surface area contributed by atoms with E-state index in [0.29, 0.717) is 30.2 Å². The highest BCUT2D eigenvalue weighted by molar-refractivity contribution is 6.05. The van der Waals surface area contributed by atoms with E-state index in [1.807, 2.05) is 24.3 Å². The summed E-state index contributed by atoms with van der Waals surface area (Å²) in [6.07, 6.45) is 2.30. The Morgan fingerprint density at radius 1 is 1.12 bits per heavy atom. The number of imide groups is 1. The maximum atomic E-state index is 13.2. The third-order valence-electron chi connectivity index (χ3n) is 6.57. The molecule has 0 aliphatic carbocycles. The number of carbonyl (C=O) groups excluding carboxylic acids is 3. The van der Waals surface area contributed by atoms with Crippen LogP contribution in [0.2, 0.25) is 0 Å². The van der Waals surface area contributed by atoms with Gasteiger partial charge in [-0.15, -0.1) is 0 Å². The van der Waals surface area contributed by atoms with Crippen LogP contribution in [-0.4, -0.2) is 54.4 Å². The van der Waals surface area contributed by atoms with E-state index in [-0.39, 0.29) is 30.2 Å². The molecule has 32 heavy (non-hydrogen) atoms. The Labute approximate surface area is 185 Å². The zero-order valence-corrected chi connectivity index (χ0v) is 17.9. The molecule has 0 saturated carbocycles. The molecule has 1 aromatic carbocycles. The summed E-state index contributed by atoms with van der Waals surface area (Å²) in [6, 6.07) is 6.99. The monoisotopic (exact) mass is 436 g/mol. The fourth-order valence-electron chi connectivity index (χ4n) is 4.79. The number of methoxy groups -OCH3 is 2. The summed E-state index contributed by atoms with van der Waals surface area (Å²) < 4.78 is 10.9. The number of rotatable bonds is 5. The van der Waals surface area contributed by atoms with Crippen molar-refractivity contribution in [3.63, 3.8) is 0 Å². The van der Waals surface area contributed by atoms with Crippen molar-refractivity contribution < 1.29 is 23.9 Å². The van der Waals surface area contributed by atoms with Crippen LogP contribution < -0.4 is 20.1 Å². The van der Waals surface area contributed by atoms with Crippen molar-refractivity contribution in [2.75, 3.05) is 20.8 Å². The fourth-order valence-corrected chi connectivity index (χ4v) is 4.79. The molecular formula is C23H24N4O5. The van der Waals surface area contributed by atoms with Crippen LogP contribution in [0.5, 0.6) is 11.6 Å². The quantitative estimate of drug-likeness (QED) is 0.680. The minimum absolute atomic E-state index is 0.0280. The van der Waals surface area contributed by atoms with Gasteiger partial charge in [-0.1, -0.05) is 0 Å². The Morgan fingerprint density at radius 2 is 1.97 bits per heavy atom. The molecule has 4 heterocycles. The lowest BCUT2D eigenvalue weighted by atomic mass is 9.80. The van der Waals surface area contributed by atoms with Crippen LogP contribution in [-0.2, 0) is 16.1 Å². The number of aromatic nitrogens is 1. The molecule has 2 saturated heterocycles. The molecule has 3 aliphatic rings. The number of amides is 3. The summed E-state index contributed by atoms with van der Waals surface area (Å²) in [5, 5.41) is 5.78. The van der Waals surface area contributed by atoms with Gasteiger partial charge in [0.2, 0.25) is 17.7 Å². The second kappa shape index (κ2) is 7.90. The predicted molar refractivity (Wildman–Crippen MR) is 113 cm³/mol. The number of nitrogens with one attached hydrogen (secondary N) is 2. The van der Waals surface area contributed by atoms with Crippen LogP contribution in [0, 0.1) is 0 Å². The lowest BCUT2D eigenvalue weighted by Crippen LogP contribution is -2.52. The van der Waals surface area contributed by atoms with Crippen molar-refractivity contribution in [3.8, 4) is 11.6 Å². The SMILES string of the molecule is COc1cc(C2CNC2c2cc3c(cc2OC)CN(C2CCC(=O)NC2=O)C3=O)ccn1. The lowest BCUT2D eigenvalue weighted by Gasteiger charge is -2.39. The van der Waals surface area contributed by atoms with E-state index in [0.717, 1.165) is 23.2 Å². The molecule has 3 atom stereocenters. The van der Waals surface area contributed by atoms with E-state index < -0.39 is 11.9 Å². The van der Waals surface area contributed by atoms with Gasteiger partial charge in [-0.25, -0.2) is 4.98 Å². The molecule has 2 fully saturated rings. The van der Waals surface area contributed by atoms with Gasteiger partial charge in [-0.2, -0.15) is 0 Å². The average Bonchev–Trinajstić information content (AvgIpc) is 3.08. The third kappa shape index (κ3) is 3.29. The van der Waals surface area contributed by atoms with Gasteiger partial charge in [-0.3, -0.25) is 19.7 Å². The van der Waals surface area contributed by atoms with Crippen LogP contribution in [0.15, 0.2) is 30.5 Å². The van der Waals surface area contributed by atoms with Crippen LogP contribution >= 0.6 is 0 Å². The molecule has 2 aromatic rings. The topological polar surface area (TPSA) is 110 Å². The van der Waals surface area contributed by atoms with E-state index >= 15 is 0 Å². The summed E-state index contributed by atoms with van der Waals surface area (Å²) in [5.74, 6) is 0.534. The Morgan fingerprint density at radius 3 is 2.66 bits per heavy atom. The zero-order valence-electron chi connectivity index (χ0n) is 17.9. The fraction of sp³-hybridized carbons (Fsp3) is 0.391.